The Bertz CT molecular complexity index is 1740. The first kappa shape index (κ1) is 25.4. The Morgan fingerprint density at radius 2 is 1.47 bits per heavy atom. The smallest absolute Gasteiger partial charge is 0.165 e. The fourth-order valence-corrected chi connectivity index (χ4v) is 15.0. The van der Waals surface area contributed by atoms with Gasteiger partial charge in [-0.05, 0) is 48.3 Å². The topological polar surface area (TPSA) is 33.8 Å². The number of benzene rings is 2. The van der Waals surface area contributed by atoms with Gasteiger partial charge in [0, 0.05) is 61.9 Å². The Balaban J connectivity index is 1.19. The summed E-state index contributed by atoms with van der Waals surface area (Å²) in [6.07, 6.45) is 9.98. The zero-order valence-electron chi connectivity index (χ0n) is 26.8. The van der Waals surface area contributed by atoms with E-state index in [4.69, 9.17) is 9.47 Å². The second kappa shape index (κ2) is 7.90. The molecule has 14 atom stereocenters. The van der Waals surface area contributed by atoms with Gasteiger partial charge < -0.3 is 29.1 Å². The van der Waals surface area contributed by atoms with Crippen molar-refractivity contribution in [3.8, 4) is 0 Å². The van der Waals surface area contributed by atoms with Gasteiger partial charge in [0.2, 0.25) is 0 Å². The van der Waals surface area contributed by atoms with Crippen molar-refractivity contribution in [3.63, 3.8) is 0 Å². The van der Waals surface area contributed by atoms with Crippen molar-refractivity contribution in [2.75, 3.05) is 43.1 Å². The van der Waals surface area contributed by atoms with Gasteiger partial charge in [-0.3, -0.25) is 0 Å². The van der Waals surface area contributed by atoms with Gasteiger partial charge in [0.25, 0.3) is 0 Å². The second-order valence-corrected chi connectivity index (χ2v) is 16.4. The number of fused-ring (bicyclic) bond motifs is 14. The molecule has 6 saturated heterocycles. The summed E-state index contributed by atoms with van der Waals surface area (Å²) in [5, 5.41) is 0. The first-order valence-corrected chi connectivity index (χ1v) is 18.1. The standard InChI is InChI=1S/C39H44N4O2/c1-4-22-20-40-16-14-37-25-10-6-8-12-28(25)42-33(37)32(24(22)18-30(37)40)34-43-29-13-9-7-11-26(29)38-15-17-41-21-23(5-2)27(19-31(38)41)39(44-3,35(38)43)36(42)45-34/h4-13,24,27,30-36H,14-21H2,1-3H3/p+2/b22-4-,23-5-/t24-,27-,30-,31-,32+,33-,34+,35+,36+,37+,38+,39+/m0/s1. The predicted octanol–water partition coefficient (Wildman–Crippen LogP) is 2.21. The molecule has 6 heteroatoms. The molecule has 2 aromatic carbocycles. The summed E-state index contributed by atoms with van der Waals surface area (Å²) < 4.78 is 15.2. The SMILES string of the molecule is C/C=C1/C[NH+]2CC[C@]34c5ccccc5N5[C@H]3[C@H]([C@H]3O[C@@H]5[C@]5(OC)[C@@H]6N3c3ccccc3[C@@]63CC[NH+]6C/C(=C/C)[C@@H]5C[C@H]63)[C@H]1C[C@H]24. The Hall–Kier alpha value is -2.64. The van der Waals surface area contributed by atoms with E-state index in [1.807, 2.05) is 9.80 Å². The normalized spacial score (nSPS) is 53.0. The van der Waals surface area contributed by atoms with Crippen LogP contribution in [0.3, 0.4) is 0 Å². The molecular formula is C39H46N4O2+2. The van der Waals surface area contributed by atoms with E-state index in [0.29, 0.717) is 35.9 Å². The summed E-state index contributed by atoms with van der Waals surface area (Å²) in [7, 11) is 2.05. The van der Waals surface area contributed by atoms with Gasteiger partial charge in [-0.1, -0.05) is 48.6 Å². The highest BCUT2D eigenvalue weighted by atomic mass is 16.6. The highest BCUT2D eigenvalue weighted by molar-refractivity contribution is 5.73. The van der Waals surface area contributed by atoms with Crippen LogP contribution in [0.1, 0.15) is 50.7 Å². The number of allylic oxidation sites excluding steroid dienone is 2. The van der Waals surface area contributed by atoms with E-state index in [9.17, 15) is 0 Å². The van der Waals surface area contributed by atoms with E-state index in [0.717, 1.165) is 6.54 Å². The van der Waals surface area contributed by atoms with E-state index in [-0.39, 0.29) is 29.3 Å². The maximum atomic E-state index is 7.86. The van der Waals surface area contributed by atoms with Crippen molar-refractivity contribution in [3.05, 3.63) is 83.0 Å². The zero-order chi connectivity index (χ0) is 29.6. The average molecular weight is 603 g/mol. The van der Waals surface area contributed by atoms with Gasteiger partial charge in [-0.2, -0.15) is 0 Å². The highest BCUT2D eigenvalue weighted by Crippen LogP contribution is 2.71. The lowest BCUT2D eigenvalue weighted by Crippen LogP contribution is -3.17. The highest BCUT2D eigenvalue weighted by Gasteiger charge is 2.84. The van der Waals surface area contributed by atoms with Crippen molar-refractivity contribution < 1.29 is 19.3 Å². The maximum absolute atomic E-state index is 7.86. The Morgan fingerprint density at radius 3 is 2.20 bits per heavy atom. The van der Waals surface area contributed by atoms with Crippen LogP contribution in [-0.4, -0.2) is 75.5 Å². The van der Waals surface area contributed by atoms with E-state index >= 15 is 0 Å². The molecule has 10 aliphatic rings. The first-order valence-electron chi connectivity index (χ1n) is 18.1. The quantitative estimate of drug-likeness (QED) is 0.491. The Morgan fingerprint density at radius 1 is 0.822 bits per heavy atom. The number of hydrogen-bond donors (Lipinski definition) is 2. The summed E-state index contributed by atoms with van der Waals surface area (Å²) in [4.78, 5) is 9.46. The number of para-hydroxylation sites is 2. The number of hydrogen-bond acceptors (Lipinski definition) is 4. The fraction of sp³-hybridized carbons (Fsp3) is 0.590. The van der Waals surface area contributed by atoms with Gasteiger partial charge in [-0.15, -0.1) is 0 Å². The van der Waals surface area contributed by atoms with Crippen LogP contribution < -0.4 is 19.6 Å². The number of rotatable bonds is 1. The van der Waals surface area contributed by atoms with Crippen LogP contribution in [0.15, 0.2) is 71.8 Å². The summed E-state index contributed by atoms with van der Waals surface area (Å²) in [6.45, 7) is 9.52. The predicted molar refractivity (Wildman–Crippen MR) is 173 cm³/mol. The molecule has 8 heterocycles. The van der Waals surface area contributed by atoms with E-state index in [1.165, 1.54) is 56.7 Å². The molecule has 2 spiro atoms. The van der Waals surface area contributed by atoms with Crippen LogP contribution in [0.5, 0.6) is 0 Å². The molecule has 0 radical (unpaired) electrons. The minimum absolute atomic E-state index is 0.0659. The van der Waals surface area contributed by atoms with Crippen LogP contribution in [0.25, 0.3) is 0 Å². The summed E-state index contributed by atoms with van der Waals surface area (Å²) in [5.41, 5.74) is 9.28. The number of piperidine rings is 2. The third-order valence-electron chi connectivity index (χ3n) is 16.1. The van der Waals surface area contributed by atoms with Crippen LogP contribution in [0.4, 0.5) is 11.4 Å². The monoisotopic (exact) mass is 602 g/mol. The molecule has 12 rings (SSSR count). The van der Waals surface area contributed by atoms with Crippen molar-refractivity contribution in [1.29, 1.82) is 0 Å². The van der Waals surface area contributed by atoms with Gasteiger partial charge >= 0.3 is 0 Å². The fourth-order valence-electron chi connectivity index (χ4n) is 15.0. The van der Waals surface area contributed by atoms with Crippen LogP contribution >= 0.6 is 0 Å². The number of ether oxygens (including phenoxy) is 2. The van der Waals surface area contributed by atoms with E-state index in [2.05, 4.69) is 91.4 Å². The lowest BCUT2D eigenvalue weighted by atomic mass is 9.50. The molecule has 2 saturated carbocycles. The Labute approximate surface area is 266 Å². The molecule has 232 valence electrons. The lowest BCUT2D eigenvalue weighted by molar-refractivity contribution is -0.917. The number of nitrogens with one attached hydrogen (secondary N) is 2. The van der Waals surface area contributed by atoms with Crippen molar-refractivity contribution >= 4 is 11.4 Å². The zero-order valence-corrected chi connectivity index (χ0v) is 26.8. The third-order valence-corrected chi connectivity index (χ3v) is 16.1. The van der Waals surface area contributed by atoms with E-state index in [1.54, 1.807) is 22.3 Å². The van der Waals surface area contributed by atoms with Crippen molar-refractivity contribution in [2.24, 2.45) is 17.8 Å². The van der Waals surface area contributed by atoms with Gasteiger partial charge in [0.1, 0.15) is 23.9 Å². The van der Waals surface area contributed by atoms with Gasteiger partial charge in [0.05, 0.1) is 49.1 Å². The molecule has 6 nitrogen and oxygen atoms in total. The molecule has 2 unspecified atom stereocenters. The van der Waals surface area contributed by atoms with Gasteiger partial charge in [0.15, 0.2) is 6.23 Å². The number of nitrogens with zero attached hydrogens (tertiary/aromatic N) is 2. The van der Waals surface area contributed by atoms with Crippen LogP contribution in [0, 0.1) is 17.8 Å². The molecule has 0 amide bonds. The number of anilines is 2. The minimum atomic E-state index is -0.450. The molecular weight excluding hydrogens is 556 g/mol. The maximum Gasteiger partial charge on any atom is 0.165 e. The van der Waals surface area contributed by atoms with Crippen LogP contribution in [0.2, 0.25) is 0 Å². The molecule has 2 aromatic rings. The lowest BCUT2D eigenvalue weighted by Gasteiger charge is -2.71. The molecule has 6 bridgehead atoms. The largest absolute Gasteiger partial charge is 0.371 e. The summed E-state index contributed by atoms with van der Waals surface area (Å²) >= 11 is 0. The third kappa shape index (κ3) is 2.37. The van der Waals surface area contributed by atoms with Crippen molar-refractivity contribution in [1.82, 2.24) is 0 Å². The summed E-state index contributed by atoms with van der Waals surface area (Å²) in [5.74, 6) is 1.36. The minimum Gasteiger partial charge on any atom is -0.371 e. The average Bonchev–Trinajstić information content (AvgIpc) is 3.84. The molecule has 8 fully saturated rings. The van der Waals surface area contributed by atoms with E-state index < -0.39 is 5.60 Å². The number of methoxy groups -OCH3 is 1. The molecule has 0 aromatic heterocycles. The summed E-state index contributed by atoms with van der Waals surface area (Å²) in [6, 6.07) is 21.2. The molecule has 8 aliphatic heterocycles. The molecule has 2 aliphatic carbocycles. The molecule has 45 heavy (non-hydrogen) atoms. The molecule has 2 N–H and O–H groups in total. The van der Waals surface area contributed by atoms with Gasteiger partial charge in [-0.25, -0.2) is 0 Å². The Kier molecular flexibility index (Phi) is 4.47. The number of quaternary nitrogens is 2. The second-order valence-electron chi connectivity index (χ2n) is 16.4. The van der Waals surface area contributed by atoms with Crippen LogP contribution in [-0.2, 0) is 20.3 Å². The first-order chi connectivity index (χ1) is 22.1. The van der Waals surface area contributed by atoms with Crippen molar-refractivity contribution in [2.45, 2.75) is 92.6 Å².